The highest BCUT2D eigenvalue weighted by Crippen LogP contribution is 2.33. The number of halogens is 1. The molecule has 0 N–H and O–H groups in total. The minimum absolute atomic E-state index is 0.460. The molecular formula is C19H20BrNO2. The van der Waals surface area contributed by atoms with Gasteiger partial charge in [-0.15, -0.1) is 0 Å². The zero-order valence-electron chi connectivity index (χ0n) is 13.5. The van der Waals surface area contributed by atoms with Crippen LogP contribution in [0.15, 0.2) is 65.6 Å². The Labute approximate surface area is 145 Å². The largest absolute Gasteiger partial charge is 0.443 e. The quantitative estimate of drug-likeness (QED) is 0.673. The molecule has 2 rings (SSSR count). The summed E-state index contributed by atoms with van der Waals surface area (Å²) in [5, 5.41) is 0. The van der Waals surface area contributed by atoms with E-state index in [9.17, 15) is 4.79 Å². The molecule has 2 aromatic carbocycles. The van der Waals surface area contributed by atoms with Gasteiger partial charge in [-0.25, -0.2) is 9.69 Å². The van der Waals surface area contributed by atoms with Gasteiger partial charge in [0.15, 0.2) is 0 Å². The Morgan fingerprint density at radius 1 is 1.04 bits per heavy atom. The minimum Gasteiger partial charge on any atom is -0.443 e. The van der Waals surface area contributed by atoms with Gasteiger partial charge in [-0.05, 0) is 54.4 Å². The van der Waals surface area contributed by atoms with Crippen molar-refractivity contribution in [3.8, 4) is 0 Å². The monoisotopic (exact) mass is 373 g/mol. The Balaban J connectivity index is 2.46. The van der Waals surface area contributed by atoms with Gasteiger partial charge >= 0.3 is 6.09 Å². The summed E-state index contributed by atoms with van der Waals surface area (Å²) in [5.74, 6) is 0. The smallest absolute Gasteiger partial charge is 0.419 e. The van der Waals surface area contributed by atoms with E-state index in [4.69, 9.17) is 4.74 Å². The van der Waals surface area contributed by atoms with Crippen LogP contribution in [-0.2, 0) is 4.74 Å². The van der Waals surface area contributed by atoms with Crippen LogP contribution < -0.4 is 4.90 Å². The maximum absolute atomic E-state index is 12.7. The SMILES string of the molecule is C=C(c1ccccc1)N(C(=O)OC(C)(C)C)c1ccccc1Br. The number of carbonyl (C=O) groups is 1. The summed E-state index contributed by atoms with van der Waals surface area (Å²) in [5.41, 5.74) is 1.52. The van der Waals surface area contributed by atoms with E-state index in [2.05, 4.69) is 22.5 Å². The first-order valence-electron chi connectivity index (χ1n) is 7.31. The van der Waals surface area contributed by atoms with Gasteiger partial charge in [0.25, 0.3) is 0 Å². The average molecular weight is 374 g/mol. The van der Waals surface area contributed by atoms with Gasteiger partial charge < -0.3 is 4.74 Å². The molecule has 3 nitrogen and oxygen atoms in total. The number of amides is 1. The second-order valence-corrected chi connectivity index (χ2v) is 6.93. The molecule has 1 amide bonds. The van der Waals surface area contributed by atoms with Crippen LogP contribution in [0.3, 0.4) is 0 Å². The number of anilines is 1. The van der Waals surface area contributed by atoms with Crippen LogP contribution in [0.4, 0.5) is 10.5 Å². The van der Waals surface area contributed by atoms with Crippen LogP contribution in [0.2, 0.25) is 0 Å². The molecular weight excluding hydrogens is 354 g/mol. The highest BCUT2D eigenvalue weighted by Gasteiger charge is 2.27. The molecule has 0 saturated carbocycles. The average Bonchev–Trinajstić information content (AvgIpc) is 2.48. The maximum atomic E-state index is 12.7. The van der Waals surface area contributed by atoms with Crippen molar-refractivity contribution in [1.82, 2.24) is 0 Å². The van der Waals surface area contributed by atoms with E-state index >= 15 is 0 Å². The predicted octanol–water partition coefficient (Wildman–Crippen LogP) is 5.86. The second kappa shape index (κ2) is 7.01. The number of para-hydroxylation sites is 1. The molecule has 0 radical (unpaired) electrons. The number of hydrogen-bond donors (Lipinski definition) is 0. The summed E-state index contributed by atoms with van der Waals surface area (Å²) in [4.78, 5) is 14.2. The van der Waals surface area contributed by atoms with Gasteiger partial charge in [0.1, 0.15) is 5.60 Å². The molecule has 0 aliphatic heterocycles. The van der Waals surface area contributed by atoms with Gasteiger partial charge in [-0.2, -0.15) is 0 Å². The van der Waals surface area contributed by atoms with Crippen molar-refractivity contribution in [3.63, 3.8) is 0 Å². The lowest BCUT2D eigenvalue weighted by Gasteiger charge is -2.29. The van der Waals surface area contributed by atoms with Crippen molar-refractivity contribution in [3.05, 3.63) is 71.2 Å². The van der Waals surface area contributed by atoms with Crippen molar-refractivity contribution >= 4 is 33.4 Å². The fraction of sp³-hybridized carbons (Fsp3) is 0.211. The van der Waals surface area contributed by atoms with Crippen LogP contribution in [0.25, 0.3) is 5.70 Å². The molecule has 0 aromatic heterocycles. The Kier molecular flexibility index (Phi) is 5.26. The summed E-state index contributed by atoms with van der Waals surface area (Å²) in [6.07, 6.45) is -0.460. The van der Waals surface area contributed by atoms with Crippen molar-refractivity contribution in [2.45, 2.75) is 26.4 Å². The standard InChI is InChI=1S/C19H20BrNO2/c1-14(15-10-6-5-7-11-15)21(18(22)23-19(2,3)4)17-13-9-8-12-16(17)20/h5-13H,1H2,2-4H3. The summed E-state index contributed by atoms with van der Waals surface area (Å²) < 4.78 is 6.35. The van der Waals surface area contributed by atoms with E-state index in [0.29, 0.717) is 11.4 Å². The first kappa shape index (κ1) is 17.3. The molecule has 0 atom stereocenters. The number of benzene rings is 2. The zero-order chi connectivity index (χ0) is 17.0. The van der Waals surface area contributed by atoms with Gasteiger partial charge in [0.2, 0.25) is 0 Å². The summed E-state index contributed by atoms with van der Waals surface area (Å²) in [6, 6.07) is 17.1. The van der Waals surface area contributed by atoms with E-state index in [1.807, 2.05) is 75.4 Å². The highest BCUT2D eigenvalue weighted by atomic mass is 79.9. The predicted molar refractivity (Wildman–Crippen MR) is 98.3 cm³/mol. The van der Waals surface area contributed by atoms with Crippen molar-refractivity contribution in [2.24, 2.45) is 0 Å². The number of nitrogens with zero attached hydrogens (tertiary/aromatic N) is 1. The molecule has 0 spiro atoms. The van der Waals surface area contributed by atoms with E-state index in [1.54, 1.807) is 0 Å². The summed E-state index contributed by atoms with van der Waals surface area (Å²) in [6.45, 7) is 9.62. The molecule has 0 heterocycles. The van der Waals surface area contributed by atoms with Crippen LogP contribution in [0, 0.1) is 0 Å². The number of carbonyl (C=O) groups excluding carboxylic acids is 1. The first-order chi connectivity index (χ1) is 10.8. The number of rotatable bonds is 3. The molecule has 0 bridgehead atoms. The molecule has 0 saturated heterocycles. The molecule has 4 heteroatoms. The normalized spacial score (nSPS) is 11.0. The van der Waals surface area contributed by atoms with Crippen LogP contribution in [0.5, 0.6) is 0 Å². The third kappa shape index (κ3) is 4.45. The Morgan fingerprint density at radius 3 is 2.17 bits per heavy atom. The Bertz CT molecular complexity index is 705. The number of ether oxygens (including phenoxy) is 1. The van der Waals surface area contributed by atoms with Crippen molar-refractivity contribution < 1.29 is 9.53 Å². The topological polar surface area (TPSA) is 29.5 Å². The van der Waals surface area contributed by atoms with E-state index in [-0.39, 0.29) is 0 Å². The molecule has 0 aliphatic rings. The lowest BCUT2D eigenvalue weighted by atomic mass is 10.1. The number of hydrogen-bond acceptors (Lipinski definition) is 2. The maximum Gasteiger partial charge on any atom is 0.419 e. The fourth-order valence-electron chi connectivity index (χ4n) is 2.05. The Morgan fingerprint density at radius 2 is 1.61 bits per heavy atom. The molecule has 0 fully saturated rings. The first-order valence-corrected chi connectivity index (χ1v) is 8.11. The van der Waals surface area contributed by atoms with E-state index in [0.717, 1.165) is 10.0 Å². The lowest BCUT2D eigenvalue weighted by Crippen LogP contribution is -2.35. The van der Waals surface area contributed by atoms with E-state index < -0.39 is 11.7 Å². The molecule has 120 valence electrons. The Hall–Kier alpha value is -2.07. The third-order valence-corrected chi connectivity index (χ3v) is 3.72. The van der Waals surface area contributed by atoms with Gasteiger partial charge in [0, 0.05) is 4.47 Å². The van der Waals surface area contributed by atoms with Gasteiger partial charge in [-0.1, -0.05) is 49.0 Å². The van der Waals surface area contributed by atoms with Gasteiger partial charge in [-0.3, -0.25) is 0 Å². The van der Waals surface area contributed by atoms with E-state index in [1.165, 1.54) is 4.90 Å². The lowest BCUT2D eigenvalue weighted by molar-refractivity contribution is 0.0600. The van der Waals surface area contributed by atoms with Crippen LogP contribution >= 0.6 is 15.9 Å². The summed E-state index contributed by atoms with van der Waals surface area (Å²) in [7, 11) is 0. The third-order valence-electron chi connectivity index (χ3n) is 3.05. The van der Waals surface area contributed by atoms with Crippen LogP contribution in [0.1, 0.15) is 26.3 Å². The molecule has 0 unspecified atom stereocenters. The molecule has 23 heavy (non-hydrogen) atoms. The minimum atomic E-state index is -0.590. The molecule has 0 aliphatic carbocycles. The fourth-order valence-corrected chi connectivity index (χ4v) is 2.52. The highest BCUT2D eigenvalue weighted by molar-refractivity contribution is 9.10. The molecule has 2 aromatic rings. The van der Waals surface area contributed by atoms with Crippen molar-refractivity contribution in [1.29, 1.82) is 0 Å². The second-order valence-electron chi connectivity index (χ2n) is 6.08. The van der Waals surface area contributed by atoms with Crippen LogP contribution in [-0.4, -0.2) is 11.7 Å². The summed E-state index contributed by atoms with van der Waals surface area (Å²) >= 11 is 3.50. The van der Waals surface area contributed by atoms with Gasteiger partial charge in [0.05, 0.1) is 11.4 Å². The van der Waals surface area contributed by atoms with Crippen molar-refractivity contribution in [2.75, 3.05) is 4.90 Å². The zero-order valence-corrected chi connectivity index (χ0v) is 15.1.